The molecule has 1 aliphatic heterocycles. The Hall–Kier alpha value is -0.793. The normalized spacial score (nSPS) is 18.2. The number of fused-ring (bicyclic) bond motifs is 1. The quantitative estimate of drug-likeness (QED) is 0.745. The molecule has 7 heteroatoms. The van der Waals surface area contributed by atoms with Gasteiger partial charge in [0.25, 0.3) is 5.91 Å². The molecular formula is C14H19BrN2O2SSi. The van der Waals surface area contributed by atoms with Gasteiger partial charge in [0.1, 0.15) is 16.7 Å². The molecule has 114 valence electrons. The Balaban J connectivity index is 2.31. The van der Waals surface area contributed by atoms with Crippen molar-refractivity contribution in [3.05, 3.63) is 28.2 Å². The molecule has 1 aromatic carbocycles. The van der Waals surface area contributed by atoms with Crippen molar-refractivity contribution in [2.75, 3.05) is 17.7 Å². The predicted octanol–water partition coefficient (Wildman–Crippen LogP) is 3.22. The average molecular weight is 387 g/mol. The van der Waals surface area contributed by atoms with Crippen LogP contribution in [-0.2, 0) is 15.8 Å². The fourth-order valence-electron chi connectivity index (χ4n) is 2.03. The Kier molecular flexibility index (Phi) is 4.84. The number of carbonyl (C=O) groups excluding carboxylic acids is 1. The number of halogens is 1. The maximum atomic E-state index is 12.3. The molecule has 2 rings (SSSR count). The first-order valence-corrected chi connectivity index (χ1v) is 12.5. The molecule has 4 nitrogen and oxygen atoms in total. The SMILES string of the molecule is CN1C(=O)/C(=N\[S@@](=O)CC[Si](C)(C)C)c2c(Br)cccc21. The molecule has 0 saturated heterocycles. The van der Waals surface area contributed by atoms with Crippen molar-refractivity contribution in [3.8, 4) is 0 Å². The van der Waals surface area contributed by atoms with Crippen molar-refractivity contribution in [3.63, 3.8) is 0 Å². The average Bonchev–Trinajstić information content (AvgIpc) is 2.62. The van der Waals surface area contributed by atoms with Gasteiger partial charge in [0, 0.05) is 30.9 Å². The lowest BCUT2D eigenvalue weighted by Crippen LogP contribution is -2.26. The maximum Gasteiger partial charge on any atom is 0.278 e. The number of hydrogen-bond acceptors (Lipinski definition) is 2. The van der Waals surface area contributed by atoms with Crippen LogP contribution in [0.1, 0.15) is 5.56 Å². The van der Waals surface area contributed by atoms with Crippen molar-refractivity contribution >= 4 is 52.3 Å². The standard InChI is InChI=1S/C14H19BrN2O2SSi/c1-17-11-7-5-6-10(15)12(11)13(14(17)18)16-20(19)8-9-21(2,3)4/h5-7H,8-9H2,1-4H3/b16-13-/t20-/m0/s1. The van der Waals surface area contributed by atoms with Gasteiger partial charge in [-0.15, -0.1) is 0 Å². The van der Waals surface area contributed by atoms with Gasteiger partial charge in [-0.2, -0.15) is 4.40 Å². The van der Waals surface area contributed by atoms with Crippen LogP contribution in [-0.4, -0.2) is 36.7 Å². The van der Waals surface area contributed by atoms with Crippen molar-refractivity contribution in [2.24, 2.45) is 4.40 Å². The monoisotopic (exact) mass is 386 g/mol. The first kappa shape index (κ1) is 16.6. The van der Waals surface area contributed by atoms with Gasteiger partial charge in [-0.25, -0.2) is 4.21 Å². The Bertz CT molecular complexity index is 640. The molecule has 1 heterocycles. The summed E-state index contributed by atoms with van der Waals surface area (Å²) in [4.78, 5) is 13.8. The van der Waals surface area contributed by atoms with E-state index in [1.807, 2.05) is 18.2 Å². The fourth-order valence-corrected chi connectivity index (χ4v) is 6.18. The molecule has 0 aromatic heterocycles. The highest BCUT2D eigenvalue weighted by Crippen LogP contribution is 2.34. The molecule has 0 unspecified atom stereocenters. The van der Waals surface area contributed by atoms with Crippen LogP contribution in [0.25, 0.3) is 0 Å². The number of anilines is 1. The lowest BCUT2D eigenvalue weighted by atomic mass is 10.1. The van der Waals surface area contributed by atoms with Crippen molar-refractivity contribution in [1.82, 2.24) is 0 Å². The molecule has 0 radical (unpaired) electrons. The molecule has 0 bridgehead atoms. The van der Waals surface area contributed by atoms with E-state index in [1.54, 1.807) is 11.9 Å². The lowest BCUT2D eigenvalue weighted by molar-refractivity contribution is -0.111. The van der Waals surface area contributed by atoms with E-state index >= 15 is 0 Å². The summed E-state index contributed by atoms with van der Waals surface area (Å²) in [6.07, 6.45) is 0. The molecule has 1 aliphatic rings. The summed E-state index contributed by atoms with van der Waals surface area (Å²) < 4.78 is 17.2. The Morgan fingerprint density at radius 2 is 2.00 bits per heavy atom. The number of rotatable bonds is 4. The van der Waals surface area contributed by atoms with Crippen LogP contribution in [0.15, 0.2) is 27.1 Å². The Labute approximate surface area is 137 Å². The van der Waals surface area contributed by atoms with Crippen molar-refractivity contribution in [2.45, 2.75) is 25.7 Å². The highest BCUT2D eigenvalue weighted by molar-refractivity contribution is 9.10. The molecule has 0 saturated carbocycles. The maximum absolute atomic E-state index is 12.3. The third kappa shape index (κ3) is 3.70. The Morgan fingerprint density at radius 3 is 2.62 bits per heavy atom. The zero-order valence-electron chi connectivity index (χ0n) is 12.6. The summed E-state index contributed by atoms with van der Waals surface area (Å²) in [7, 11) is -0.900. The van der Waals surface area contributed by atoms with Crippen LogP contribution in [0, 0.1) is 0 Å². The number of nitrogens with zero attached hydrogens (tertiary/aromatic N) is 2. The lowest BCUT2D eigenvalue weighted by Gasteiger charge is -2.13. The highest BCUT2D eigenvalue weighted by atomic mass is 79.9. The first-order valence-electron chi connectivity index (χ1n) is 6.75. The van der Waals surface area contributed by atoms with Gasteiger partial charge >= 0.3 is 0 Å². The van der Waals surface area contributed by atoms with E-state index in [-0.39, 0.29) is 5.91 Å². The minimum atomic E-state index is -1.35. The van der Waals surface area contributed by atoms with Crippen LogP contribution in [0.4, 0.5) is 5.69 Å². The number of carbonyl (C=O) groups is 1. The van der Waals surface area contributed by atoms with Gasteiger partial charge in [0.2, 0.25) is 0 Å². The minimum absolute atomic E-state index is 0.196. The Morgan fingerprint density at radius 1 is 1.33 bits per heavy atom. The van der Waals surface area contributed by atoms with Gasteiger partial charge in [-0.3, -0.25) is 4.79 Å². The number of benzene rings is 1. The van der Waals surface area contributed by atoms with Gasteiger partial charge in [-0.1, -0.05) is 41.6 Å². The van der Waals surface area contributed by atoms with Crippen molar-refractivity contribution < 1.29 is 9.00 Å². The minimum Gasteiger partial charge on any atom is -0.309 e. The van der Waals surface area contributed by atoms with Gasteiger partial charge in [0.15, 0.2) is 0 Å². The molecular weight excluding hydrogens is 368 g/mol. The summed E-state index contributed by atoms with van der Waals surface area (Å²) in [6, 6.07) is 6.54. The molecule has 1 aromatic rings. The number of hydrogen-bond donors (Lipinski definition) is 0. The largest absolute Gasteiger partial charge is 0.309 e. The van der Waals surface area contributed by atoms with E-state index in [2.05, 4.69) is 40.0 Å². The summed E-state index contributed by atoms with van der Waals surface area (Å²) >= 11 is 3.45. The van der Waals surface area contributed by atoms with Crippen LogP contribution in [0.3, 0.4) is 0 Å². The number of likely N-dealkylation sites (N-methyl/N-ethyl adjacent to an activating group) is 1. The van der Waals surface area contributed by atoms with Crippen molar-refractivity contribution in [1.29, 1.82) is 0 Å². The molecule has 0 fully saturated rings. The van der Waals surface area contributed by atoms with E-state index < -0.39 is 19.1 Å². The molecule has 0 spiro atoms. The zero-order chi connectivity index (χ0) is 15.8. The molecule has 21 heavy (non-hydrogen) atoms. The predicted molar refractivity (Wildman–Crippen MR) is 95.3 cm³/mol. The third-order valence-corrected chi connectivity index (χ3v) is 7.03. The summed E-state index contributed by atoms with van der Waals surface area (Å²) in [5.74, 6) is 0.328. The third-order valence-electron chi connectivity index (χ3n) is 3.32. The molecule has 0 N–H and O–H groups in total. The first-order chi connectivity index (χ1) is 9.70. The smallest absolute Gasteiger partial charge is 0.278 e. The molecule has 0 aliphatic carbocycles. The van der Waals surface area contributed by atoms with Gasteiger partial charge < -0.3 is 4.90 Å². The fraction of sp³-hybridized carbons (Fsp3) is 0.429. The van der Waals surface area contributed by atoms with Gasteiger partial charge in [-0.05, 0) is 18.2 Å². The molecule has 1 atom stereocenters. The van der Waals surface area contributed by atoms with Crippen LogP contribution >= 0.6 is 15.9 Å². The second kappa shape index (κ2) is 6.14. The van der Waals surface area contributed by atoms with E-state index in [0.717, 1.165) is 21.8 Å². The number of amides is 1. The topological polar surface area (TPSA) is 49.7 Å². The zero-order valence-corrected chi connectivity index (χ0v) is 16.0. The summed E-state index contributed by atoms with van der Waals surface area (Å²) in [5.41, 5.74) is 1.84. The summed E-state index contributed by atoms with van der Waals surface area (Å²) in [5, 5.41) is 0. The van der Waals surface area contributed by atoms with E-state index in [9.17, 15) is 9.00 Å². The second-order valence-electron chi connectivity index (χ2n) is 6.27. The van der Waals surface area contributed by atoms with E-state index in [1.165, 1.54) is 0 Å². The molecule has 1 amide bonds. The van der Waals surface area contributed by atoms with E-state index in [4.69, 9.17) is 0 Å². The summed E-state index contributed by atoms with van der Waals surface area (Å²) in [6.45, 7) is 6.70. The van der Waals surface area contributed by atoms with Crippen LogP contribution in [0.5, 0.6) is 0 Å². The second-order valence-corrected chi connectivity index (χ2v) is 14.0. The van der Waals surface area contributed by atoms with Crippen LogP contribution in [0.2, 0.25) is 25.7 Å². The highest BCUT2D eigenvalue weighted by Gasteiger charge is 2.33. The van der Waals surface area contributed by atoms with Crippen LogP contribution < -0.4 is 4.90 Å². The van der Waals surface area contributed by atoms with Gasteiger partial charge in [0.05, 0.1) is 5.69 Å². The van der Waals surface area contributed by atoms with E-state index in [0.29, 0.717) is 11.5 Å².